The Balaban J connectivity index is 1.60. The number of ether oxygens (including phenoxy) is 1. The summed E-state index contributed by atoms with van der Waals surface area (Å²) >= 11 is 0. The highest BCUT2D eigenvalue weighted by Gasteiger charge is 2.09. The van der Waals surface area contributed by atoms with Crippen molar-refractivity contribution in [2.45, 2.75) is 26.2 Å². The second kappa shape index (κ2) is 8.29. The normalized spacial score (nSPS) is 10.7. The van der Waals surface area contributed by atoms with Crippen LogP contribution in [0, 0.1) is 0 Å². The topological polar surface area (TPSA) is 81.4 Å². The number of rotatable bonds is 7. The molecule has 1 heterocycles. The minimum Gasteiger partial charge on any atom is -0.450 e. The van der Waals surface area contributed by atoms with Gasteiger partial charge < -0.3 is 14.5 Å². The third kappa shape index (κ3) is 4.69. The van der Waals surface area contributed by atoms with E-state index in [1.807, 2.05) is 18.2 Å². The van der Waals surface area contributed by atoms with Gasteiger partial charge in [-0.25, -0.2) is 4.79 Å². The molecule has 0 saturated carbocycles. The zero-order valence-electron chi connectivity index (χ0n) is 14.5. The summed E-state index contributed by atoms with van der Waals surface area (Å²) in [6.07, 6.45) is 2.71. The van der Waals surface area contributed by atoms with Crippen molar-refractivity contribution < 1.29 is 13.9 Å². The van der Waals surface area contributed by atoms with Gasteiger partial charge in [0.2, 0.25) is 5.91 Å². The number of unbranched alkanes of at least 4 members (excludes halogenated alkanes) is 1. The zero-order chi connectivity index (χ0) is 18.4. The van der Waals surface area contributed by atoms with Crippen LogP contribution in [0.15, 0.2) is 57.7 Å². The van der Waals surface area contributed by atoms with Crippen LogP contribution in [0.1, 0.15) is 25.3 Å². The summed E-state index contributed by atoms with van der Waals surface area (Å²) in [4.78, 5) is 27.4. The zero-order valence-corrected chi connectivity index (χ0v) is 14.5. The predicted molar refractivity (Wildman–Crippen MR) is 99.5 cm³/mol. The molecule has 1 aromatic heterocycles. The quantitative estimate of drug-likeness (QED) is 0.658. The number of fused-ring (bicyclic) bond motifs is 1. The first-order valence-electron chi connectivity index (χ1n) is 8.51. The molecule has 0 spiro atoms. The molecule has 1 N–H and O–H groups in total. The summed E-state index contributed by atoms with van der Waals surface area (Å²) in [6.45, 7) is 1.83. The molecule has 0 unspecified atom stereocenters. The summed E-state index contributed by atoms with van der Waals surface area (Å²) < 4.78 is 10.6. The average molecular weight is 352 g/mol. The van der Waals surface area contributed by atoms with E-state index in [1.165, 1.54) is 12.5 Å². The lowest BCUT2D eigenvalue weighted by atomic mass is 10.1. The van der Waals surface area contributed by atoms with Crippen molar-refractivity contribution in [2.75, 3.05) is 11.9 Å². The lowest BCUT2D eigenvalue weighted by molar-refractivity contribution is -0.114. The Morgan fingerprint density at radius 1 is 1.15 bits per heavy atom. The minimum atomic E-state index is -0.510. The molecule has 0 saturated heterocycles. The van der Waals surface area contributed by atoms with Crippen molar-refractivity contribution in [3.63, 3.8) is 0 Å². The largest absolute Gasteiger partial charge is 0.450 e. The molecule has 0 atom stereocenters. The SMILES string of the molecule is CC(=O)Nc1ccc2c(=O)oc(OCCCCc3ccccc3)nc2c1. The molecule has 0 radical (unpaired) electrons. The predicted octanol–water partition coefficient (Wildman–Crippen LogP) is 3.55. The fourth-order valence-corrected chi connectivity index (χ4v) is 2.63. The lowest BCUT2D eigenvalue weighted by Crippen LogP contribution is -2.08. The number of nitrogens with one attached hydrogen (secondary N) is 1. The van der Waals surface area contributed by atoms with Crippen LogP contribution in [0.2, 0.25) is 0 Å². The summed E-state index contributed by atoms with van der Waals surface area (Å²) in [5.41, 5.74) is 1.76. The summed E-state index contributed by atoms with van der Waals surface area (Å²) in [5.74, 6) is -0.192. The van der Waals surface area contributed by atoms with Crippen LogP contribution >= 0.6 is 0 Å². The molecule has 3 aromatic rings. The number of aromatic nitrogens is 1. The van der Waals surface area contributed by atoms with Gasteiger partial charge in [-0.05, 0) is 43.0 Å². The van der Waals surface area contributed by atoms with Crippen LogP contribution < -0.4 is 15.7 Å². The number of benzene rings is 2. The number of amides is 1. The van der Waals surface area contributed by atoms with Crippen molar-refractivity contribution >= 4 is 22.5 Å². The van der Waals surface area contributed by atoms with Crippen LogP contribution in [0.3, 0.4) is 0 Å². The van der Waals surface area contributed by atoms with Gasteiger partial charge in [0.05, 0.1) is 17.5 Å². The Bertz CT molecular complexity index is 951. The summed E-state index contributed by atoms with van der Waals surface area (Å²) in [7, 11) is 0. The van der Waals surface area contributed by atoms with Gasteiger partial charge in [0.1, 0.15) is 0 Å². The number of hydrogen-bond donors (Lipinski definition) is 1. The Kier molecular flexibility index (Phi) is 5.63. The van der Waals surface area contributed by atoms with E-state index in [9.17, 15) is 9.59 Å². The maximum atomic E-state index is 12.0. The average Bonchev–Trinajstić information content (AvgIpc) is 2.61. The van der Waals surface area contributed by atoms with Gasteiger partial charge in [0.25, 0.3) is 0 Å². The molecule has 0 fully saturated rings. The summed E-state index contributed by atoms with van der Waals surface area (Å²) in [6, 6.07) is 15.1. The fraction of sp³-hybridized carbons (Fsp3) is 0.250. The van der Waals surface area contributed by atoms with E-state index in [0.29, 0.717) is 23.2 Å². The van der Waals surface area contributed by atoms with Gasteiger partial charge in [0, 0.05) is 12.6 Å². The molecule has 0 aliphatic rings. The van der Waals surface area contributed by atoms with Crippen LogP contribution in [-0.4, -0.2) is 17.5 Å². The fourth-order valence-electron chi connectivity index (χ4n) is 2.63. The number of carbonyl (C=O) groups is 1. The maximum Gasteiger partial charge on any atom is 0.397 e. The van der Waals surface area contributed by atoms with Crippen molar-refractivity contribution in [3.8, 4) is 6.08 Å². The van der Waals surface area contributed by atoms with Gasteiger partial charge in [-0.1, -0.05) is 30.3 Å². The second-order valence-electron chi connectivity index (χ2n) is 5.97. The highest BCUT2D eigenvalue weighted by atomic mass is 16.6. The number of carbonyl (C=O) groups excluding carboxylic acids is 1. The standard InChI is InChI=1S/C20H20N2O4/c1-14(23)21-16-10-11-17-18(13-16)22-20(26-19(17)24)25-12-6-5-9-15-7-3-2-4-8-15/h2-4,7-8,10-11,13H,5-6,9,12H2,1H3,(H,21,23). The molecule has 6 nitrogen and oxygen atoms in total. The molecular weight excluding hydrogens is 332 g/mol. The third-order valence-corrected chi connectivity index (χ3v) is 3.86. The van der Waals surface area contributed by atoms with E-state index < -0.39 is 5.63 Å². The first kappa shape index (κ1) is 17.7. The first-order chi connectivity index (χ1) is 12.6. The van der Waals surface area contributed by atoms with Crippen LogP contribution in [0.5, 0.6) is 6.08 Å². The van der Waals surface area contributed by atoms with Crippen molar-refractivity contribution in [2.24, 2.45) is 0 Å². The first-order valence-corrected chi connectivity index (χ1v) is 8.51. The molecule has 134 valence electrons. The second-order valence-corrected chi connectivity index (χ2v) is 5.97. The van der Waals surface area contributed by atoms with E-state index in [2.05, 4.69) is 22.4 Å². The maximum absolute atomic E-state index is 12.0. The third-order valence-electron chi connectivity index (χ3n) is 3.86. The highest BCUT2D eigenvalue weighted by molar-refractivity contribution is 5.91. The number of aryl methyl sites for hydroxylation is 1. The number of hydrogen-bond acceptors (Lipinski definition) is 5. The summed E-state index contributed by atoms with van der Waals surface area (Å²) in [5, 5.41) is 3.00. The molecule has 0 bridgehead atoms. The Hall–Kier alpha value is -3.15. The minimum absolute atomic E-state index is 0.0535. The molecule has 2 aromatic carbocycles. The van der Waals surface area contributed by atoms with E-state index in [1.54, 1.807) is 18.2 Å². The Morgan fingerprint density at radius 2 is 1.96 bits per heavy atom. The van der Waals surface area contributed by atoms with E-state index in [-0.39, 0.29) is 12.0 Å². The van der Waals surface area contributed by atoms with Crippen LogP contribution in [0.4, 0.5) is 5.69 Å². The highest BCUT2D eigenvalue weighted by Crippen LogP contribution is 2.18. The van der Waals surface area contributed by atoms with E-state index >= 15 is 0 Å². The van der Waals surface area contributed by atoms with E-state index in [0.717, 1.165) is 19.3 Å². The Morgan fingerprint density at radius 3 is 2.73 bits per heavy atom. The molecule has 0 aliphatic carbocycles. The smallest absolute Gasteiger partial charge is 0.397 e. The molecular formula is C20H20N2O4. The van der Waals surface area contributed by atoms with Gasteiger partial charge in [0.15, 0.2) is 0 Å². The van der Waals surface area contributed by atoms with Gasteiger partial charge in [-0.2, -0.15) is 4.98 Å². The molecule has 26 heavy (non-hydrogen) atoms. The van der Waals surface area contributed by atoms with Gasteiger partial charge in [-0.15, -0.1) is 0 Å². The van der Waals surface area contributed by atoms with Gasteiger partial charge >= 0.3 is 11.7 Å². The van der Waals surface area contributed by atoms with Crippen molar-refractivity contribution in [1.82, 2.24) is 4.98 Å². The molecule has 1 amide bonds. The van der Waals surface area contributed by atoms with Crippen LogP contribution in [-0.2, 0) is 11.2 Å². The number of nitrogens with zero attached hydrogens (tertiary/aromatic N) is 1. The van der Waals surface area contributed by atoms with Crippen molar-refractivity contribution in [1.29, 1.82) is 0 Å². The molecule has 0 aliphatic heterocycles. The Labute approximate surface area is 150 Å². The van der Waals surface area contributed by atoms with Crippen LogP contribution in [0.25, 0.3) is 10.9 Å². The monoisotopic (exact) mass is 352 g/mol. The van der Waals surface area contributed by atoms with E-state index in [4.69, 9.17) is 9.15 Å². The lowest BCUT2D eigenvalue weighted by Gasteiger charge is -2.06. The number of anilines is 1. The van der Waals surface area contributed by atoms with Crippen molar-refractivity contribution in [3.05, 3.63) is 64.5 Å². The molecule has 6 heteroatoms. The van der Waals surface area contributed by atoms with Gasteiger partial charge in [-0.3, -0.25) is 4.79 Å². The molecule has 3 rings (SSSR count).